The SMILES string of the molecule is Nc1cc2nccc(Br)c2cn1. The zero-order valence-corrected chi connectivity index (χ0v) is 7.75. The van der Waals surface area contributed by atoms with E-state index in [2.05, 4.69) is 25.9 Å². The van der Waals surface area contributed by atoms with Crippen molar-refractivity contribution in [2.75, 3.05) is 5.73 Å². The predicted octanol–water partition coefficient (Wildman–Crippen LogP) is 1.97. The minimum atomic E-state index is 0.494. The number of rotatable bonds is 0. The van der Waals surface area contributed by atoms with Crippen molar-refractivity contribution in [1.82, 2.24) is 9.97 Å². The van der Waals surface area contributed by atoms with Crippen LogP contribution in [0.2, 0.25) is 0 Å². The zero-order valence-electron chi connectivity index (χ0n) is 6.16. The van der Waals surface area contributed by atoms with Gasteiger partial charge in [0.25, 0.3) is 0 Å². The van der Waals surface area contributed by atoms with E-state index in [1.165, 1.54) is 0 Å². The average molecular weight is 224 g/mol. The van der Waals surface area contributed by atoms with E-state index in [-0.39, 0.29) is 0 Å². The molecule has 0 fully saturated rings. The maximum absolute atomic E-state index is 5.51. The Morgan fingerprint density at radius 3 is 3.00 bits per heavy atom. The van der Waals surface area contributed by atoms with Crippen molar-refractivity contribution in [2.24, 2.45) is 0 Å². The molecule has 0 amide bonds. The first kappa shape index (κ1) is 7.49. The maximum atomic E-state index is 5.51. The van der Waals surface area contributed by atoms with E-state index in [4.69, 9.17) is 5.73 Å². The standard InChI is InChI=1S/C8H6BrN3/c9-6-1-2-11-7-3-8(10)12-4-5(6)7/h1-4H,(H2,10,12). The summed E-state index contributed by atoms with van der Waals surface area (Å²) in [5.74, 6) is 0.494. The van der Waals surface area contributed by atoms with Crippen molar-refractivity contribution in [3.8, 4) is 0 Å². The van der Waals surface area contributed by atoms with E-state index in [0.717, 1.165) is 15.4 Å². The molecule has 0 saturated heterocycles. The van der Waals surface area contributed by atoms with Crippen LogP contribution in [0.1, 0.15) is 0 Å². The number of hydrogen-bond acceptors (Lipinski definition) is 3. The molecule has 2 rings (SSSR count). The molecule has 0 atom stereocenters. The lowest BCUT2D eigenvalue weighted by Crippen LogP contribution is -1.90. The lowest BCUT2D eigenvalue weighted by Gasteiger charge is -1.98. The van der Waals surface area contributed by atoms with Crippen LogP contribution in [0.4, 0.5) is 5.82 Å². The second kappa shape index (κ2) is 2.71. The molecule has 2 aromatic heterocycles. The molecule has 0 saturated carbocycles. The molecular weight excluding hydrogens is 218 g/mol. The summed E-state index contributed by atoms with van der Waals surface area (Å²) in [6.07, 6.45) is 3.44. The summed E-state index contributed by atoms with van der Waals surface area (Å²) in [5, 5.41) is 0.978. The Morgan fingerprint density at radius 2 is 2.17 bits per heavy atom. The van der Waals surface area contributed by atoms with Gasteiger partial charge in [0.2, 0.25) is 0 Å². The highest BCUT2D eigenvalue weighted by Crippen LogP contribution is 2.21. The molecule has 3 nitrogen and oxygen atoms in total. The molecule has 0 spiro atoms. The quantitative estimate of drug-likeness (QED) is 0.744. The van der Waals surface area contributed by atoms with Crippen molar-refractivity contribution >= 4 is 32.7 Å². The summed E-state index contributed by atoms with van der Waals surface area (Å²) in [5.41, 5.74) is 6.37. The molecule has 60 valence electrons. The van der Waals surface area contributed by atoms with E-state index in [1.807, 2.05) is 6.07 Å². The molecule has 2 aromatic rings. The lowest BCUT2D eigenvalue weighted by molar-refractivity contribution is 1.32. The third-order valence-electron chi connectivity index (χ3n) is 1.60. The molecule has 0 aliphatic carbocycles. The Morgan fingerprint density at radius 1 is 1.33 bits per heavy atom. The number of anilines is 1. The van der Waals surface area contributed by atoms with Crippen LogP contribution in [-0.2, 0) is 0 Å². The van der Waals surface area contributed by atoms with Gasteiger partial charge in [-0.1, -0.05) is 0 Å². The molecule has 12 heavy (non-hydrogen) atoms. The van der Waals surface area contributed by atoms with Crippen molar-refractivity contribution in [3.05, 3.63) is 29.0 Å². The van der Waals surface area contributed by atoms with Crippen LogP contribution < -0.4 is 5.73 Å². The summed E-state index contributed by atoms with van der Waals surface area (Å²) in [6.45, 7) is 0. The Labute approximate surface area is 77.8 Å². The summed E-state index contributed by atoms with van der Waals surface area (Å²) in [7, 11) is 0. The van der Waals surface area contributed by atoms with Gasteiger partial charge in [0, 0.05) is 28.3 Å². The molecule has 2 N–H and O–H groups in total. The predicted molar refractivity (Wildman–Crippen MR) is 51.7 cm³/mol. The van der Waals surface area contributed by atoms with Gasteiger partial charge in [-0.25, -0.2) is 4.98 Å². The molecule has 0 aliphatic rings. The van der Waals surface area contributed by atoms with Gasteiger partial charge in [-0.05, 0) is 22.0 Å². The number of nitrogen functional groups attached to an aromatic ring is 1. The van der Waals surface area contributed by atoms with Crippen LogP contribution in [0.3, 0.4) is 0 Å². The van der Waals surface area contributed by atoms with Gasteiger partial charge in [0.15, 0.2) is 0 Å². The van der Waals surface area contributed by atoms with Gasteiger partial charge in [0.1, 0.15) is 5.82 Å². The summed E-state index contributed by atoms with van der Waals surface area (Å²) in [6, 6.07) is 3.63. The lowest BCUT2D eigenvalue weighted by atomic mass is 10.3. The first-order valence-corrected chi connectivity index (χ1v) is 4.22. The van der Waals surface area contributed by atoms with Crippen LogP contribution in [0, 0.1) is 0 Å². The van der Waals surface area contributed by atoms with E-state index >= 15 is 0 Å². The van der Waals surface area contributed by atoms with Crippen LogP contribution >= 0.6 is 15.9 Å². The second-order valence-electron chi connectivity index (χ2n) is 2.42. The highest BCUT2D eigenvalue weighted by molar-refractivity contribution is 9.10. The second-order valence-corrected chi connectivity index (χ2v) is 3.27. The molecule has 0 bridgehead atoms. The number of aromatic nitrogens is 2. The number of pyridine rings is 2. The van der Waals surface area contributed by atoms with Gasteiger partial charge in [0.05, 0.1) is 5.52 Å². The van der Waals surface area contributed by atoms with E-state index < -0.39 is 0 Å². The number of nitrogens with two attached hydrogens (primary N) is 1. The first-order chi connectivity index (χ1) is 5.77. The molecule has 0 aromatic carbocycles. The van der Waals surface area contributed by atoms with E-state index in [9.17, 15) is 0 Å². The van der Waals surface area contributed by atoms with Crippen molar-refractivity contribution in [2.45, 2.75) is 0 Å². The highest BCUT2D eigenvalue weighted by Gasteiger charge is 1.98. The molecule has 4 heteroatoms. The molecule has 0 radical (unpaired) electrons. The minimum Gasteiger partial charge on any atom is -0.384 e. The number of halogens is 1. The summed E-state index contributed by atoms with van der Waals surface area (Å²) >= 11 is 3.40. The maximum Gasteiger partial charge on any atom is 0.125 e. The normalized spacial score (nSPS) is 10.4. The Kier molecular flexibility index (Phi) is 1.69. The van der Waals surface area contributed by atoms with Crippen LogP contribution in [0.15, 0.2) is 29.0 Å². The van der Waals surface area contributed by atoms with Crippen LogP contribution in [0.5, 0.6) is 0 Å². The van der Waals surface area contributed by atoms with Crippen molar-refractivity contribution in [1.29, 1.82) is 0 Å². The smallest absolute Gasteiger partial charge is 0.125 e. The fourth-order valence-corrected chi connectivity index (χ4v) is 1.45. The Balaban J connectivity index is 2.86. The van der Waals surface area contributed by atoms with Gasteiger partial charge in [-0.2, -0.15) is 0 Å². The Hall–Kier alpha value is -1.16. The highest BCUT2D eigenvalue weighted by atomic mass is 79.9. The van der Waals surface area contributed by atoms with Crippen molar-refractivity contribution < 1.29 is 0 Å². The van der Waals surface area contributed by atoms with Gasteiger partial charge in [-0.3, -0.25) is 4.98 Å². The van der Waals surface area contributed by atoms with Crippen molar-refractivity contribution in [3.63, 3.8) is 0 Å². The van der Waals surface area contributed by atoms with Crippen LogP contribution in [-0.4, -0.2) is 9.97 Å². The third kappa shape index (κ3) is 1.14. The fourth-order valence-electron chi connectivity index (χ4n) is 1.02. The average Bonchev–Trinajstić information content (AvgIpc) is 2.04. The summed E-state index contributed by atoms with van der Waals surface area (Å²) in [4.78, 5) is 8.13. The molecule has 2 heterocycles. The monoisotopic (exact) mass is 223 g/mol. The van der Waals surface area contributed by atoms with Gasteiger partial charge in [-0.15, -0.1) is 0 Å². The summed E-state index contributed by atoms with van der Waals surface area (Å²) < 4.78 is 0.986. The largest absolute Gasteiger partial charge is 0.384 e. The van der Waals surface area contributed by atoms with E-state index in [1.54, 1.807) is 18.5 Å². The molecule has 0 aliphatic heterocycles. The Bertz CT molecular complexity index is 428. The zero-order chi connectivity index (χ0) is 8.55. The third-order valence-corrected chi connectivity index (χ3v) is 2.29. The minimum absolute atomic E-state index is 0.494. The van der Waals surface area contributed by atoms with Gasteiger partial charge >= 0.3 is 0 Å². The first-order valence-electron chi connectivity index (χ1n) is 3.43. The van der Waals surface area contributed by atoms with E-state index in [0.29, 0.717) is 5.82 Å². The number of fused-ring (bicyclic) bond motifs is 1. The number of hydrogen-bond donors (Lipinski definition) is 1. The van der Waals surface area contributed by atoms with Gasteiger partial charge < -0.3 is 5.73 Å². The molecule has 0 unspecified atom stereocenters. The van der Waals surface area contributed by atoms with Crippen LogP contribution in [0.25, 0.3) is 10.9 Å². The fraction of sp³-hybridized carbons (Fsp3) is 0. The molecular formula is C8H6BrN3. The number of nitrogens with zero attached hydrogens (tertiary/aromatic N) is 2. The topological polar surface area (TPSA) is 51.8 Å².